The van der Waals surface area contributed by atoms with Crippen LogP contribution in [-0.2, 0) is 11.2 Å². The van der Waals surface area contributed by atoms with Crippen LogP contribution in [-0.4, -0.2) is 19.4 Å². The summed E-state index contributed by atoms with van der Waals surface area (Å²) in [6, 6.07) is 7.73. The predicted molar refractivity (Wildman–Crippen MR) is 64.4 cm³/mol. The maximum atomic E-state index is 11.9. The van der Waals surface area contributed by atoms with Gasteiger partial charge >= 0.3 is 6.18 Å². The van der Waals surface area contributed by atoms with E-state index in [2.05, 4.69) is 20.7 Å². The van der Waals surface area contributed by atoms with E-state index in [1.165, 1.54) is 5.56 Å². The Balaban J connectivity index is 2.43. The first-order valence-electron chi connectivity index (χ1n) is 5.30. The van der Waals surface area contributed by atoms with Crippen molar-refractivity contribution in [1.29, 1.82) is 0 Å². The van der Waals surface area contributed by atoms with Gasteiger partial charge in [0.1, 0.15) is 6.61 Å². The highest BCUT2D eigenvalue weighted by Crippen LogP contribution is 2.24. The quantitative estimate of drug-likeness (QED) is 0.738. The third-order valence-electron chi connectivity index (χ3n) is 2.28. The normalized spacial score (nSPS) is 13.7. The van der Waals surface area contributed by atoms with Gasteiger partial charge in [-0.05, 0) is 17.5 Å². The number of hydrogen-bond donors (Lipinski definition) is 0. The smallest absolute Gasteiger partial charge is 0.371 e. The Morgan fingerprint density at radius 1 is 1.24 bits per heavy atom. The molecule has 1 nitrogen and oxygen atoms in total. The molecule has 0 aliphatic heterocycles. The van der Waals surface area contributed by atoms with E-state index < -0.39 is 12.8 Å². The largest absolute Gasteiger partial charge is 0.411 e. The Hall–Kier alpha value is -0.550. The molecule has 0 radical (unpaired) electrons. The predicted octanol–water partition coefficient (Wildman–Crippen LogP) is 4.26. The van der Waals surface area contributed by atoms with Crippen LogP contribution >= 0.6 is 15.9 Å². The Kier molecular flexibility index (Phi) is 5.46. The number of alkyl halides is 4. The van der Waals surface area contributed by atoms with Gasteiger partial charge in [-0.1, -0.05) is 47.1 Å². The van der Waals surface area contributed by atoms with E-state index in [0.29, 0.717) is 0 Å². The Labute approximate surface area is 107 Å². The summed E-state index contributed by atoms with van der Waals surface area (Å²) in [4.78, 5) is -0.212. The van der Waals surface area contributed by atoms with Crippen LogP contribution in [0.25, 0.3) is 0 Å². The highest BCUT2D eigenvalue weighted by Gasteiger charge is 2.27. The number of halogens is 4. The summed E-state index contributed by atoms with van der Waals surface area (Å²) < 4.78 is 40.2. The molecular formula is C12H14BrF3O. The standard InChI is InChI=1S/C12H14BrF3O/c1-2-9-3-5-10(6-4-9)11(13)7-17-8-12(14,15)16/h3-6,11H,2,7-8H2,1H3. The average Bonchev–Trinajstić information content (AvgIpc) is 2.27. The van der Waals surface area contributed by atoms with Crippen molar-refractivity contribution in [3.63, 3.8) is 0 Å². The summed E-state index contributed by atoms with van der Waals surface area (Å²) in [5.41, 5.74) is 2.12. The van der Waals surface area contributed by atoms with E-state index in [0.717, 1.165) is 12.0 Å². The van der Waals surface area contributed by atoms with Crippen molar-refractivity contribution >= 4 is 15.9 Å². The lowest BCUT2D eigenvalue weighted by Crippen LogP contribution is -2.18. The Morgan fingerprint density at radius 3 is 2.29 bits per heavy atom. The third-order valence-corrected chi connectivity index (χ3v) is 3.07. The van der Waals surface area contributed by atoms with Gasteiger partial charge in [0.2, 0.25) is 0 Å². The topological polar surface area (TPSA) is 9.23 Å². The lowest BCUT2D eigenvalue weighted by atomic mass is 10.1. The average molecular weight is 311 g/mol. The summed E-state index contributed by atoms with van der Waals surface area (Å²) in [7, 11) is 0. The molecule has 0 aliphatic carbocycles. The van der Waals surface area contributed by atoms with Crippen LogP contribution < -0.4 is 0 Å². The van der Waals surface area contributed by atoms with E-state index in [9.17, 15) is 13.2 Å². The van der Waals surface area contributed by atoms with Crippen molar-refractivity contribution in [3.05, 3.63) is 35.4 Å². The molecule has 1 aromatic rings. The lowest BCUT2D eigenvalue weighted by molar-refractivity contribution is -0.173. The fourth-order valence-corrected chi connectivity index (χ4v) is 1.83. The first kappa shape index (κ1) is 14.5. The van der Waals surface area contributed by atoms with Crippen LogP contribution in [0.5, 0.6) is 0 Å². The van der Waals surface area contributed by atoms with Crippen molar-refractivity contribution in [1.82, 2.24) is 0 Å². The Morgan fingerprint density at radius 2 is 1.82 bits per heavy atom. The summed E-state index contributed by atoms with van der Waals surface area (Å²) in [5.74, 6) is 0. The molecule has 1 rings (SSSR count). The van der Waals surface area contributed by atoms with E-state index in [-0.39, 0.29) is 11.4 Å². The molecule has 0 saturated heterocycles. The number of rotatable bonds is 5. The summed E-state index contributed by atoms with van der Waals surface area (Å²) >= 11 is 3.31. The molecule has 0 aliphatic rings. The molecule has 96 valence electrons. The maximum Gasteiger partial charge on any atom is 0.411 e. The Bertz CT molecular complexity index is 335. The molecule has 5 heteroatoms. The molecule has 0 heterocycles. The zero-order chi connectivity index (χ0) is 12.9. The minimum absolute atomic E-state index is 0.00494. The second kappa shape index (κ2) is 6.40. The SMILES string of the molecule is CCc1ccc(C(Br)COCC(F)(F)F)cc1. The molecule has 0 amide bonds. The van der Waals surface area contributed by atoms with Crippen molar-refractivity contribution in [2.75, 3.05) is 13.2 Å². The number of benzene rings is 1. The van der Waals surface area contributed by atoms with E-state index in [4.69, 9.17) is 0 Å². The molecule has 1 aromatic carbocycles. The van der Waals surface area contributed by atoms with Gasteiger partial charge in [-0.3, -0.25) is 0 Å². The zero-order valence-electron chi connectivity index (χ0n) is 9.43. The summed E-state index contributed by atoms with van der Waals surface area (Å²) in [6.45, 7) is 0.847. The van der Waals surface area contributed by atoms with Crippen LogP contribution in [0.4, 0.5) is 13.2 Å². The van der Waals surface area contributed by atoms with Gasteiger partial charge in [-0.15, -0.1) is 0 Å². The molecule has 17 heavy (non-hydrogen) atoms. The van der Waals surface area contributed by atoms with Crippen molar-refractivity contribution in [3.8, 4) is 0 Å². The van der Waals surface area contributed by atoms with Gasteiger partial charge in [-0.2, -0.15) is 13.2 Å². The molecule has 0 fully saturated rings. The summed E-state index contributed by atoms with van der Waals surface area (Å²) in [6.07, 6.45) is -3.32. The molecule has 0 spiro atoms. The van der Waals surface area contributed by atoms with Gasteiger partial charge in [0, 0.05) is 0 Å². The summed E-state index contributed by atoms with van der Waals surface area (Å²) in [5, 5.41) is 0. The minimum atomic E-state index is -4.27. The molecule has 0 N–H and O–H groups in total. The lowest BCUT2D eigenvalue weighted by Gasteiger charge is -2.12. The second-order valence-electron chi connectivity index (χ2n) is 3.69. The molecular weight excluding hydrogens is 297 g/mol. The second-order valence-corrected chi connectivity index (χ2v) is 4.80. The van der Waals surface area contributed by atoms with Crippen molar-refractivity contribution < 1.29 is 17.9 Å². The molecule has 0 aromatic heterocycles. The van der Waals surface area contributed by atoms with Crippen LogP contribution in [0.15, 0.2) is 24.3 Å². The minimum Gasteiger partial charge on any atom is -0.371 e. The van der Waals surface area contributed by atoms with Crippen LogP contribution in [0.2, 0.25) is 0 Å². The van der Waals surface area contributed by atoms with Gasteiger partial charge in [0.25, 0.3) is 0 Å². The third kappa shape index (κ3) is 5.55. The maximum absolute atomic E-state index is 11.9. The van der Waals surface area contributed by atoms with Crippen LogP contribution in [0.3, 0.4) is 0 Å². The number of aryl methyl sites for hydroxylation is 1. The molecule has 0 bridgehead atoms. The van der Waals surface area contributed by atoms with Gasteiger partial charge in [-0.25, -0.2) is 0 Å². The first-order valence-corrected chi connectivity index (χ1v) is 6.21. The van der Waals surface area contributed by atoms with Crippen LogP contribution in [0.1, 0.15) is 22.9 Å². The molecule has 1 unspecified atom stereocenters. The van der Waals surface area contributed by atoms with E-state index in [1.807, 2.05) is 31.2 Å². The molecule has 0 saturated carbocycles. The van der Waals surface area contributed by atoms with E-state index >= 15 is 0 Å². The zero-order valence-corrected chi connectivity index (χ0v) is 11.0. The highest BCUT2D eigenvalue weighted by molar-refractivity contribution is 9.09. The molecule has 1 atom stereocenters. The fraction of sp³-hybridized carbons (Fsp3) is 0.500. The van der Waals surface area contributed by atoms with Crippen molar-refractivity contribution in [2.45, 2.75) is 24.3 Å². The first-order chi connectivity index (χ1) is 7.92. The highest BCUT2D eigenvalue weighted by atomic mass is 79.9. The van der Waals surface area contributed by atoms with Gasteiger partial charge in [0.15, 0.2) is 0 Å². The van der Waals surface area contributed by atoms with Gasteiger partial charge in [0.05, 0.1) is 11.4 Å². The van der Waals surface area contributed by atoms with Crippen molar-refractivity contribution in [2.24, 2.45) is 0 Å². The van der Waals surface area contributed by atoms with E-state index in [1.54, 1.807) is 0 Å². The monoisotopic (exact) mass is 310 g/mol. The fourth-order valence-electron chi connectivity index (χ4n) is 1.34. The number of ether oxygens (including phenoxy) is 1. The number of hydrogen-bond acceptors (Lipinski definition) is 1. The van der Waals surface area contributed by atoms with Crippen LogP contribution in [0, 0.1) is 0 Å². The van der Waals surface area contributed by atoms with Gasteiger partial charge < -0.3 is 4.74 Å².